The Morgan fingerprint density at radius 2 is 1.57 bits per heavy atom. The van der Waals surface area contributed by atoms with Gasteiger partial charge in [0.15, 0.2) is 0 Å². The molecule has 1 atom stereocenters. The monoisotopic (exact) mass is 526 g/mol. The molecule has 176 valence electrons. The van der Waals surface area contributed by atoms with Crippen LogP contribution in [0.4, 0.5) is 5.69 Å². The van der Waals surface area contributed by atoms with E-state index in [1.807, 2.05) is 6.07 Å². The Morgan fingerprint density at radius 3 is 2.26 bits per heavy atom. The second kappa shape index (κ2) is 9.77. The minimum atomic E-state index is -1.60. The molecular formula is C32H32NOSe+. The van der Waals surface area contributed by atoms with Gasteiger partial charge in [0.2, 0.25) is 0 Å². The summed E-state index contributed by atoms with van der Waals surface area (Å²) in [6, 6.07) is 29.8. The first-order valence-corrected chi connectivity index (χ1v) is 14.7. The summed E-state index contributed by atoms with van der Waals surface area (Å²) >= 11 is -1.60. The van der Waals surface area contributed by atoms with Gasteiger partial charge in [0.25, 0.3) is 0 Å². The first-order chi connectivity index (χ1) is 17.0. The molecule has 0 saturated carbocycles. The van der Waals surface area contributed by atoms with Crippen LogP contribution in [0.1, 0.15) is 38.3 Å². The molecule has 35 heavy (non-hydrogen) atoms. The van der Waals surface area contributed by atoms with Crippen LogP contribution < -0.4 is 9.36 Å². The van der Waals surface area contributed by atoms with Crippen LogP contribution in [0.2, 0.25) is 0 Å². The van der Waals surface area contributed by atoms with Crippen LogP contribution in [0.5, 0.6) is 0 Å². The predicted molar refractivity (Wildman–Crippen MR) is 149 cm³/mol. The van der Waals surface area contributed by atoms with E-state index >= 15 is 0 Å². The van der Waals surface area contributed by atoms with Crippen molar-refractivity contribution in [3.05, 3.63) is 136 Å². The summed E-state index contributed by atoms with van der Waals surface area (Å²) < 4.78 is 7.85. The molecule has 2 heterocycles. The Bertz CT molecular complexity index is 1350. The number of para-hydroxylation sites is 1. The third kappa shape index (κ3) is 4.55. The van der Waals surface area contributed by atoms with Crippen LogP contribution in [-0.2, 0) is 8.88 Å². The summed E-state index contributed by atoms with van der Waals surface area (Å²) in [7, 11) is 2.20. The van der Waals surface area contributed by atoms with Gasteiger partial charge in [-0.1, -0.05) is 0 Å². The average Bonchev–Trinajstić information content (AvgIpc) is 3.11. The number of nitrogens with zero attached hydrogens (tertiary/aromatic N) is 1. The SMILES string of the molecule is CCC(C=CC1=C[Se](c2ccccc2)=[O+]C(c2ccccc2)=C1)=C1N(C)c2ccccc2C1(C)C. The summed E-state index contributed by atoms with van der Waals surface area (Å²) in [5, 5.41) is 0. The molecule has 0 spiro atoms. The van der Waals surface area contributed by atoms with Crippen molar-refractivity contribution in [3.63, 3.8) is 0 Å². The molecule has 0 aromatic heterocycles. The van der Waals surface area contributed by atoms with Crippen molar-refractivity contribution in [2.24, 2.45) is 0 Å². The van der Waals surface area contributed by atoms with Crippen molar-refractivity contribution in [1.82, 2.24) is 0 Å². The maximum atomic E-state index is 6.57. The molecule has 5 rings (SSSR count). The molecule has 0 bridgehead atoms. The fourth-order valence-corrected chi connectivity index (χ4v) is 8.10. The fraction of sp³-hybridized carbons (Fsp3) is 0.188. The van der Waals surface area contributed by atoms with Gasteiger partial charge in [-0.15, -0.1) is 0 Å². The van der Waals surface area contributed by atoms with Crippen LogP contribution in [0.3, 0.4) is 0 Å². The standard InChI is InChI=1S/C32H32NOSe/c1-5-25(31-32(2,3)28-18-12-13-19-29(28)33(31)4)21-20-24-22-30(26-14-8-6-9-15-26)34-35(23-24)27-16-10-7-11-17-27/h6-23H,5H2,1-4H3/q+1. The summed E-state index contributed by atoms with van der Waals surface area (Å²) in [6.07, 6.45) is 7.77. The molecule has 0 amide bonds. The Morgan fingerprint density at radius 1 is 0.914 bits per heavy atom. The molecule has 2 aliphatic heterocycles. The van der Waals surface area contributed by atoms with Gasteiger partial charge >= 0.3 is 214 Å². The number of benzene rings is 3. The number of allylic oxidation sites excluding steroid dienone is 6. The van der Waals surface area contributed by atoms with Crippen molar-refractivity contribution in [1.29, 1.82) is 0 Å². The second-order valence-electron chi connectivity index (χ2n) is 9.45. The zero-order valence-electron chi connectivity index (χ0n) is 20.9. The van der Waals surface area contributed by atoms with Crippen molar-refractivity contribution >= 4 is 29.7 Å². The average molecular weight is 526 g/mol. The van der Waals surface area contributed by atoms with E-state index in [9.17, 15) is 0 Å². The second-order valence-corrected chi connectivity index (χ2v) is 12.5. The van der Waals surface area contributed by atoms with Gasteiger partial charge in [-0.2, -0.15) is 0 Å². The number of hydrogen-bond donors (Lipinski definition) is 0. The number of likely N-dealkylation sites (N-methyl/N-ethyl adjacent to an activating group) is 1. The van der Waals surface area contributed by atoms with Crippen molar-refractivity contribution < 1.29 is 3.47 Å². The Balaban J connectivity index is 1.57. The molecule has 3 aromatic rings. The third-order valence-electron chi connectivity index (χ3n) is 6.78. The normalized spacial score (nSPS) is 20.2. The molecule has 0 radical (unpaired) electrons. The van der Waals surface area contributed by atoms with E-state index in [1.54, 1.807) is 0 Å². The molecule has 0 aliphatic carbocycles. The van der Waals surface area contributed by atoms with E-state index < -0.39 is 13.8 Å². The van der Waals surface area contributed by atoms with E-state index in [-0.39, 0.29) is 5.41 Å². The first kappa shape index (κ1) is 23.5. The quantitative estimate of drug-likeness (QED) is 0.258. The van der Waals surface area contributed by atoms with Crippen molar-refractivity contribution in [3.8, 4) is 0 Å². The van der Waals surface area contributed by atoms with Crippen LogP contribution in [0.15, 0.2) is 125 Å². The van der Waals surface area contributed by atoms with Crippen molar-refractivity contribution in [2.45, 2.75) is 32.6 Å². The number of rotatable bonds is 5. The predicted octanol–water partition coefficient (Wildman–Crippen LogP) is 7.02. The molecule has 2 aliphatic rings. The first-order valence-electron chi connectivity index (χ1n) is 12.2. The summed E-state index contributed by atoms with van der Waals surface area (Å²) in [4.78, 5) is 4.72. The Kier molecular flexibility index (Phi) is 6.56. The molecule has 3 aromatic carbocycles. The number of hydrogen-bond acceptors (Lipinski definition) is 1. The summed E-state index contributed by atoms with van der Waals surface area (Å²) in [5.41, 5.74) is 7.75. The van der Waals surface area contributed by atoms with E-state index in [1.165, 1.54) is 32.6 Å². The van der Waals surface area contributed by atoms with Gasteiger partial charge < -0.3 is 0 Å². The van der Waals surface area contributed by atoms with Gasteiger partial charge in [0.1, 0.15) is 0 Å². The zero-order valence-corrected chi connectivity index (χ0v) is 22.6. The van der Waals surface area contributed by atoms with Gasteiger partial charge in [-0.3, -0.25) is 0 Å². The fourth-order valence-electron chi connectivity index (χ4n) is 5.09. The van der Waals surface area contributed by atoms with Crippen LogP contribution in [0, 0.1) is 0 Å². The summed E-state index contributed by atoms with van der Waals surface area (Å²) in [5.74, 6) is 0.957. The van der Waals surface area contributed by atoms with Crippen molar-refractivity contribution in [2.75, 3.05) is 11.9 Å². The Labute approximate surface area is 213 Å². The molecular weight excluding hydrogens is 493 g/mol. The number of fused-ring (bicyclic) bond motifs is 1. The van der Waals surface area contributed by atoms with E-state index in [0.29, 0.717) is 0 Å². The van der Waals surface area contributed by atoms with E-state index in [0.717, 1.165) is 17.7 Å². The van der Waals surface area contributed by atoms with Gasteiger partial charge in [-0.05, 0) is 0 Å². The van der Waals surface area contributed by atoms with E-state index in [2.05, 4.69) is 135 Å². The Hall–Kier alpha value is -3.26. The molecule has 1 unspecified atom stereocenters. The van der Waals surface area contributed by atoms with Gasteiger partial charge in [0.05, 0.1) is 0 Å². The maximum absolute atomic E-state index is 6.57. The molecule has 2 nitrogen and oxygen atoms in total. The van der Waals surface area contributed by atoms with Gasteiger partial charge in [-0.25, -0.2) is 0 Å². The third-order valence-corrected chi connectivity index (χ3v) is 10.1. The molecule has 3 heteroatoms. The molecule has 0 saturated heterocycles. The van der Waals surface area contributed by atoms with E-state index in [4.69, 9.17) is 3.47 Å². The summed E-state index contributed by atoms with van der Waals surface area (Å²) in [6.45, 7) is 6.93. The molecule has 0 N–H and O–H groups in total. The van der Waals surface area contributed by atoms with Gasteiger partial charge in [0, 0.05) is 0 Å². The molecule has 0 fully saturated rings. The van der Waals surface area contributed by atoms with Crippen LogP contribution in [-0.4, -0.2) is 20.9 Å². The van der Waals surface area contributed by atoms with Crippen LogP contribution >= 0.6 is 0 Å². The number of anilines is 1. The minimum absolute atomic E-state index is 0.0312. The zero-order chi connectivity index (χ0) is 24.4. The van der Waals surface area contributed by atoms with Crippen LogP contribution in [0.25, 0.3) is 5.76 Å². The topological polar surface area (TPSA) is 14.5 Å².